The van der Waals surface area contributed by atoms with E-state index in [1.54, 1.807) is 12.1 Å². The van der Waals surface area contributed by atoms with Gasteiger partial charge in [0.1, 0.15) is 6.10 Å². The highest BCUT2D eigenvalue weighted by atomic mass is 35.5. The van der Waals surface area contributed by atoms with Crippen molar-refractivity contribution in [3.63, 3.8) is 0 Å². The Bertz CT molecular complexity index is 652. The fraction of sp³-hybridized carbons (Fsp3) is 0.562. The van der Waals surface area contributed by atoms with E-state index in [4.69, 9.17) is 21.8 Å². The highest BCUT2D eigenvalue weighted by molar-refractivity contribution is 7.17. The molecule has 0 aromatic carbocycles. The first-order valence-corrected chi connectivity index (χ1v) is 9.28. The van der Waals surface area contributed by atoms with Crippen molar-refractivity contribution in [2.24, 2.45) is 11.1 Å². The van der Waals surface area contributed by atoms with Crippen LogP contribution >= 0.6 is 22.9 Å². The maximum atomic E-state index is 12.0. The summed E-state index contributed by atoms with van der Waals surface area (Å²) in [5.74, 6) is 0.934. The van der Waals surface area contributed by atoms with Gasteiger partial charge in [0.05, 0.1) is 27.3 Å². The Hall–Kier alpha value is -1.60. The van der Waals surface area contributed by atoms with E-state index in [1.165, 1.54) is 11.3 Å². The van der Waals surface area contributed by atoms with E-state index in [1.807, 2.05) is 6.92 Å². The Kier molecular flexibility index (Phi) is 5.40. The van der Waals surface area contributed by atoms with Gasteiger partial charge in [-0.15, -0.1) is 11.3 Å². The fourth-order valence-corrected chi connectivity index (χ4v) is 4.04. The summed E-state index contributed by atoms with van der Waals surface area (Å²) in [6.45, 7) is 4.08. The van der Waals surface area contributed by atoms with Crippen LogP contribution in [-0.2, 0) is 4.84 Å². The molecule has 0 spiro atoms. The molecule has 1 aromatic heterocycles. The smallest absolute Gasteiger partial charge is 0.261 e. The van der Waals surface area contributed by atoms with Crippen molar-refractivity contribution in [3.05, 3.63) is 21.3 Å². The summed E-state index contributed by atoms with van der Waals surface area (Å²) in [6, 6.07) is 3.44. The number of nitrogens with one attached hydrogen (secondary N) is 2. The minimum absolute atomic E-state index is 0.0955. The zero-order valence-corrected chi connectivity index (χ0v) is 15.1. The SMILES string of the molecule is CC(=N)N1CCC(C2=NOC(CNC(=O)c3ccc(Cl)s3)C2)CC1. The van der Waals surface area contributed by atoms with Crippen LogP contribution in [0.15, 0.2) is 17.3 Å². The maximum Gasteiger partial charge on any atom is 0.261 e. The minimum atomic E-state index is -0.126. The number of oxime groups is 1. The zero-order valence-electron chi connectivity index (χ0n) is 13.5. The lowest BCUT2D eigenvalue weighted by Gasteiger charge is -2.32. The molecule has 1 amide bonds. The standard InChI is InChI=1S/C16H21ClN4O2S/c1-10(18)21-6-4-11(5-7-21)13-8-12(23-20-13)9-19-16(22)14-2-3-15(17)24-14/h2-3,11-12,18H,4-9H2,1H3,(H,19,22). The number of hydrogen-bond acceptors (Lipinski definition) is 5. The molecule has 0 aliphatic carbocycles. The third kappa shape index (κ3) is 4.08. The first-order chi connectivity index (χ1) is 11.5. The van der Waals surface area contributed by atoms with Gasteiger partial charge in [-0.2, -0.15) is 0 Å². The van der Waals surface area contributed by atoms with Crippen LogP contribution in [0.5, 0.6) is 0 Å². The number of carbonyl (C=O) groups excluding carboxylic acids is 1. The Morgan fingerprint density at radius 3 is 2.88 bits per heavy atom. The molecule has 2 aliphatic heterocycles. The summed E-state index contributed by atoms with van der Waals surface area (Å²) in [6.07, 6.45) is 2.68. The molecule has 130 valence electrons. The van der Waals surface area contributed by atoms with Crippen molar-refractivity contribution < 1.29 is 9.63 Å². The van der Waals surface area contributed by atoms with Crippen molar-refractivity contribution >= 4 is 40.4 Å². The lowest BCUT2D eigenvalue weighted by Crippen LogP contribution is -2.39. The van der Waals surface area contributed by atoms with Gasteiger partial charge >= 0.3 is 0 Å². The second-order valence-corrected chi connectivity index (χ2v) is 7.89. The van der Waals surface area contributed by atoms with E-state index in [0.717, 1.165) is 38.1 Å². The Labute approximate surface area is 150 Å². The number of rotatable bonds is 4. The van der Waals surface area contributed by atoms with Gasteiger partial charge < -0.3 is 15.1 Å². The molecule has 3 heterocycles. The molecule has 1 saturated heterocycles. The number of likely N-dealkylation sites (tertiary alicyclic amines) is 1. The molecule has 1 atom stereocenters. The quantitative estimate of drug-likeness (QED) is 0.633. The maximum absolute atomic E-state index is 12.0. The normalized spacial score (nSPS) is 21.3. The number of halogens is 1. The number of nitrogens with zero attached hydrogens (tertiary/aromatic N) is 2. The molecule has 1 aromatic rings. The van der Waals surface area contributed by atoms with Crippen molar-refractivity contribution in [2.75, 3.05) is 19.6 Å². The van der Waals surface area contributed by atoms with Crippen LogP contribution < -0.4 is 5.32 Å². The molecule has 0 radical (unpaired) electrons. The molecule has 1 fully saturated rings. The summed E-state index contributed by atoms with van der Waals surface area (Å²) in [7, 11) is 0. The summed E-state index contributed by atoms with van der Waals surface area (Å²) in [5, 5.41) is 14.8. The topological polar surface area (TPSA) is 77.8 Å². The molecule has 6 nitrogen and oxygen atoms in total. The number of thiophene rings is 1. The first-order valence-electron chi connectivity index (χ1n) is 8.09. The van der Waals surface area contributed by atoms with Crippen LogP contribution in [-0.4, -0.2) is 48.1 Å². The van der Waals surface area contributed by atoms with Gasteiger partial charge in [0.2, 0.25) is 0 Å². The fourth-order valence-electron chi connectivity index (χ4n) is 3.08. The number of amidine groups is 1. The second-order valence-electron chi connectivity index (χ2n) is 6.17. The van der Waals surface area contributed by atoms with Crippen LogP contribution in [0.4, 0.5) is 0 Å². The van der Waals surface area contributed by atoms with Crippen LogP contribution in [0.3, 0.4) is 0 Å². The molecule has 0 bridgehead atoms. The van der Waals surface area contributed by atoms with Crippen LogP contribution in [0.2, 0.25) is 4.34 Å². The molecular formula is C16H21ClN4O2S. The lowest BCUT2D eigenvalue weighted by molar-refractivity contribution is 0.0755. The van der Waals surface area contributed by atoms with E-state index in [0.29, 0.717) is 27.5 Å². The van der Waals surface area contributed by atoms with Gasteiger partial charge in [-0.1, -0.05) is 16.8 Å². The molecule has 24 heavy (non-hydrogen) atoms. The average Bonchev–Trinajstić information content (AvgIpc) is 3.22. The molecule has 2 N–H and O–H groups in total. The molecule has 0 saturated carbocycles. The number of hydrogen-bond donors (Lipinski definition) is 2. The van der Waals surface area contributed by atoms with Gasteiger partial charge in [0.25, 0.3) is 5.91 Å². The number of carbonyl (C=O) groups is 1. The predicted molar refractivity (Wildman–Crippen MR) is 96.3 cm³/mol. The van der Waals surface area contributed by atoms with Crippen LogP contribution in [0.1, 0.15) is 35.9 Å². The Morgan fingerprint density at radius 1 is 1.50 bits per heavy atom. The van der Waals surface area contributed by atoms with Gasteiger partial charge in [-0.25, -0.2) is 0 Å². The van der Waals surface area contributed by atoms with E-state index >= 15 is 0 Å². The van der Waals surface area contributed by atoms with Crippen LogP contribution in [0, 0.1) is 11.3 Å². The van der Waals surface area contributed by atoms with Crippen molar-refractivity contribution in [1.82, 2.24) is 10.2 Å². The number of piperidine rings is 1. The van der Waals surface area contributed by atoms with E-state index < -0.39 is 0 Å². The molecule has 8 heteroatoms. The highest BCUT2D eigenvalue weighted by Gasteiger charge is 2.30. The Morgan fingerprint density at radius 2 is 2.25 bits per heavy atom. The van der Waals surface area contributed by atoms with Crippen molar-refractivity contribution in [3.8, 4) is 0 Å². The van der Waals surface area contributed by atoms with Crippen LogP contribution in [0.25, 0.3) is 0 Å². The first kappa shape index (κ1) is 17.2. The largest absolute Gasteiger partial charge is 0.390 e. The summed E-state index contributed by atoms with van der Waals surface area (Å²) >= 11 is 7.11. The zero-order chi connectivity index (χ0) is 17.1. The van der Waals surface area contributed by atoms with E-state index in [9.17, 15) is 4.79 Å². The molecule has 1 unspecified atom stereocenters. The van der Waals surface area contributed by atoms with Crippen molar-refractivity contribution in [2.45, 2.75) is 32.3 Å². The Balaban J connectivity index is 1.42. The van der Waals surface area contributed by atoms with Crippen molar-refractivity contribution in [1.29, 1.82) is 5.41 Å². The summed E-state index contributed by atoms with van der Waals surface area (Å²) < 4.78 is 0.606. The summed E-state index contributed by atoms with van der Waals surface area (Å²) in [4.78, 5) is 20.2. The average molecular weight is 369 g/mol. The second kappa shape index (κ2) is 7.53. The van der Waals surface area contributed by atoms with E-state index in [2.05, 4.69) is 15.4 Å². The third-order valence-electron chi connectivity index (χ3n) is 4.48. The molecular weight excluding hydrogens is 348 g/mol. The third-order valence-corrected chi connectivity index (χ3v) is 5.71. The van der Waals surface area contributed by atoms with E-state index in [-0.39, 0.29) is 12.0 Å². The van der Waals surface area contributed by atoms with Gasteiger partial charge in [-0.05, 0) is 31.9 Å². The molecule has 3 rings (SSSR count). The predicted octanol–water partition coefficient (Wildman–Crippen LogP) is 2.99. The number of amides is 1. The summed E-state index contributed by atoms with van der Waals surface area (Å²) in [5.41, 5.74) is 1.09. The minimum Gasteiger partial charge on any atom is -0.390 e. The highest BCUT2D eigenvalue weighted by Crippen LogP contribution is 2.25. The van der Waals surface area contributed by atoms with Gasteiger partial charge in [-0.3, -0.25) is 10.2 Å². The van der Waals surface area contributed by atoms with Gasteiger partial charge in [0, 0.05) is 25.4 Å². The molecule has 2 aliphatic rings. The van der Waals surface area contributed by atoms with Gasteiger partial charge in [0.15, 0.2) is 0 Å². The monoisotopic (exact) mass is 368 g/mol. The lowest BCUT2D eigenvalue weighted by atomic mass is 9.89.